The lowest BCUT2D eigenvalue weighted by Gasteiger charge is -2.26. The van der Waals surface area contributed by atoms with Crippen molar-refractivity contribution >= 4 is 35.0 Å². The van der Waals surface area contributed by atoms with Gasteiger partial charge in [-0.1, -0.05) is 23.7 Å². The molecule has 2 aromatic rings. The van der Waals surface area contributed by atoms with Crippen LogP contribution in [0.2, 0.25) is 5.02 Å². The van der Waals surface area contributed by atoms with Gasteiger partial charge in [0.2, 0.25) is 11.8 Å². The van der Waals surface area contributed by atoms with E-state index in [0.717, 1.165) is 10.5 Å². The van der Waals surface area contributed by atoms with Crippen LogP contribution in [0, 0.1) is 0 Å². The molecule has 1 heterocycles. The molecule has 3 rings (SSSR count). The van der Waals surface area contributed by atoms with Gasteiger partial charge in [0.05, 0.1) is 19.2 Å². The molecule has 140 valence electrons. The van der Waals surface area contributed by atoms with E-state index in [4.69, 9.17) is 16.3 Å². The van der Waals surface area contributed by atoms with E-state index >= 15 is 0 Å². The molecular weight excluding hydrogens is 368 g/mol. The van der Waals surface area contributed by atoms with E-state index in [1.807, 2.05) is 12.1 Å². The molecule has 0 spiro atoms. The highest BCUT2D eigenvalue weighted by atomic mass is 35.5. The number of carbonyl (C=O) groups is 3. The second-order valence-electron chi connectivity index (χ2n) is 6.26. The van der Waals surface area contributed by atoms with Crippen molar-refractivity contribution in [2.75, 3.05) is 12.0 Å². The van der Waals surface area contributed by atoms with E-state index in [1.165, 1.54) is 11.8 Å². The van der Waals surface area contributed by atoms with E-state index < -0.39 is 11.9 Å². The molecule has 0 radical (unpaired) electrons. The van der Waals surface area contributed by atoms with Crippen LogP contribution in [-0.4, -0.2) is 35.8 Å². The summed E-state index contributed by atoms with van der Waals surface area (Å²) in [7, 11) is 1.57. The van der Waals surface area contributed by atoms with Gasteiger partial charge in [0.15, 0.2) is 0 Å². The molecular formula is C20H19ClN2O4. The summed E-state index contributed by atoms with van der Waals surface area (Å²) in [5.41, 5.74) is 1.29. The summed E-state index contributed by atoms with van der Waals surface area (Å²) in [6.45, 7) is 1.63. The van der Waals surface area contributed by atoms with Crippen LogP contribution in [0.3, 0.4) is 0 Å². The number of methoxy groups -OCH3 is 1. The van der Waals surface area contributed by atoms with Gasteiger partial charge in [0.25, 0.3) is 5.91 Å². The average molecular weight is 387 g/mol. The second-order valence-corrected chi connectivity index (χ2v) is 6.70. The molecule has 1 aliphatic rings. The number of amides is 3. The Morgan fingerprint density at radius 2 is 1.78 bits per heavy atom. The van der Waals surface area contributed by atoms with Crippen LogP contribution in [0.1, 0.15) is 18.9 Å². The van der Waals surface area contributed by atoms with E-state index in [2.05, 4.69) is 0 Å². The highest BCUT2D eigenvalue weighted by Crippen LogP contribution is 2.28. The number of imide groups is 1. The molecule has 1 saturated heterocycles. The van der Waals surface area contributed by atoms with Gasteiger partial charge in [-0.25, -0.2) is 4.90 Å². The molecule has 1 aliphatic heterocycles. The smallest absolute Gasteiger partial charge is 0.257 e. The van der Waals surface area contributed by atoms with Crippen molar-refractivity contribution in [1.82, 2.24) is 4.90 Å². The maximum Gasteiger partial charge on any atom is 0.257 e. The van der Waals surface area contributed by atoms with Crippen molar-refractivity contribution in [3.63, 3.8) is 0 Å². The lowest BCUT2D eigenvalue weighted by molar-refractivity contribution is -0.137. The third-order valence-electron chi connectivity index (χ3n) is 4.50. The van der Waals surface area contributed by atoms with E-state index in [-0.39, 0.29) is 24.8 Å². The molecule has 27 heavy (non-hydrogen) atoms. The van der Waals surface area contributed by atoms with Gasteiger partial charge in [-0.2, -0.15) is 0 Å². The molecule has 7 heteroatoms. The highest BCUT2D eigenvalue weighted by Gasteiger charge is 2.43. The fraction of sp³-hybridized carbons (Fsp3) is 0.250. The molecule has 0 saturated carbocycles. The van der Waals surface area contributed by atoms with Gasteiger partial charge < -0.3 is 9.64 Å². The summed E-state index contributed by atoms with van der Waals surface area (Å²) in [6, 6.07) is 12.9. The van der Waals surface area contributed by atoms with Gasteiger partial charge in [-0.05, 0) is 42.0 Å². The summed E-state index contributed by atoms with van der Waals surface area (Å²) in [4.78, 5) is 40.1. The number of anilines is 1. The first-order valence-electron chi connectivity index (χ1n) is 8.43. The third kappa shape index (κ3) is 3.95. The zero-order valence-electron chi connectivity index (χ0n) is 15.0. The van der Waals surface area contributed by atoms with Gasteiger partial charge in [0.1, 0.15) is 11.8 Å². The first kappa shape index (κ1) is 18.9. The van der Waals surface area contributed by atoms with Gasteiger partial charge in [-0.15, -0.1) is 0 Å². The monoisotopic (exact) mass is 386 g/mol. The standard InChI is InChI=1S/C20H19ClN2O4/c1-13(24)22(12-14-3-9-17(27-2)10-4-14)18-11-19(25)23(20(18)26)16-7-5-15(21)6-8-16/h3-10,18H,11-12H2,1-2H3/t18-/m0/s1. The predicted molar refractivity (Wildman–Crippen MR) is 102 cm³/mol. The van der Waals surface area contributed by atoms with Crippen molar-refractivity contribution in [3.8, 4) is 5.75 Å². The quantitative estimate of drug-likeness (QED) is 0.741. The van der Waals surface area contributed by atoms with Crippen molar-refractivity contribution in [1.29, 1.82) is 0 Å². The van der Waals surface area contributed by atoms with Crippen molar-refractivity contribution < 1.29 is 19.1 Å². The molecule has 1 fully saturated rings. The summed E-state index contributed by atoms with van der Waals surface area (Å²) in [5.74, 6) is -0.316. The Kier molecular flexibility index (Phi) is 5.46. The van der Waals surface area contributed by atoms with Crippen LogP contribution in [-0.2, 0) is 20.9 Å². The third-order valence-corrected chi connectivity index (χ3v) is 4.75. The maximum atomic E-state index is 12.9. The number of hydrogen-bond donors (Lipinski definition) is 0. The molecule has 6 nitrogen and oxygen atoms in total. The number of rotatable bonds is 5. The topological polar surface area (TPSA) is 66.9 Å². The van der Waals surface area contributed by atoms with Crippen LogP contribution in [0.15, 0.2) is 48.5 Å². The first-order chi connectivity index (χ1) is 12.9. The Hall–Kier alpha value is -2.86. The van der Waals surface area contributed by atoms with Crippen LogP contribution in [0.4, 0.5) is 5.69 Å². The van der Waals surface area contributed by atoms with Crippen LogP contribution < -0.4 is 9.64 Å². The number of benzene rings is 2. The minimum Gasteiger partial charge on any atom is -0.497 e. The fourth-order valence-corrected chi connectivity index (χ4v) is 3.22. The van der Waals surface area contributed by atoms with Crippen LogP contribution >= 0.6 is 11.6 Å². The number of ether oxygens (including phenoxy) is 1. The molecule has 0 aromatic heterocycles. The molecule has 2 aromatic carbocycles. The maximum absolute atomic E-state index is 12.9. The summed E-state index contributed by atoms with van der Waals surface area (Å²) in [6.07, 6.45) is -0.0444. The van der Waals surface area contributed by atoms with Crippen molar-refractivity contribution in [2.24, 2.45) is 0 Å². The van der Waals surface area contributed by atoms with E-state index in [9.17, 15) is 14.4 Å². The average Bonchev–Trinajstić information content (AvgIpc) is 2.95. The zero-order valence-corrected chi connectivity index (χ0v) is 15.8. The fourth-order valence-electron chi connectivity index (χ4n) is 3.09. The van der Waals surface area contributed by atoms with Crippen LogP contribution in [0.25, 0.3) is 0 Å². The Morgan fingerprint density at radius 3 is 2.33 bits per heavy atom. The Bertz CT molecular complexity index is 865. The van der Waals surface area contributed by atoms with E-state index in [0.29, 0.717) is 16.5 Å². The highest BCUT2D eigenvalue weighted by molar-refractivity contribution is 6.30. The van der Waals surface area contributed by atoms with Crippen LogP contribution in [0.5, 0.6) is 5.75 Å². The Morgan fingerprint density at radius 1 is 1.15 bits per heavy atom. The summed E-state index contributed by atoms with van der Waals surface area (Å²) >= 11 is 5.87. The van der Waals surface area contributed by atoms with E-state index in [1.54, 1.807) is 43.5 Å². The summed E-state index contributed by atoms with van der Waals surface area (Å²) < 4.78 is 5.13. The molecule has 3 amide bonds. The Balaban J connectivity index is 1.83. The van der Waals surface area contributed by atoms with Crippen molar-refractivity contribution in [3.05, 3.63) is 59.1 Å². The lowest BCUT2D eigenvalue weighted by Crippen LogP contribution is -2.44. The molecule has 0 N–H and O–H groups in total. The Labute approximate surface area is 162 Å². The molecule has 0 unspecified atom stereocenters. The van der Waals surface area contributed by atoms with Gasteiger partial charge in [-0.3, -0.25) is 14.4 Å². The number of nitrogens with zero attached hydrogens (tertiary/aromatic N) is 2. The van der Waals surface area contributed by atoms with Crippen molar-refractivity contribution in [2.45, 2.75) is 25.9 Å². The second kappa shape index (κ2) is 7.80. The van der Waals surface area contributed by atoms with Gasteiger partial charge >= 0.3 is 0 Å². The molecule has 0 aliphatic carbocycles. The SMILES string of the molecule is COc1ccc(CN(C(C)=O)[C@H]2CC(=O)N(c3ccc(Cl)cc3)C2=O)cc1. The first-order valence-corrected chi connectivity index (χ1v) is 8.81. The zero-order chi connectivity index (χ0) is 19.6. The minimum atomic E-state index is -0.826. The normalized spacial score (nSPS) is 16.6. The summed E-state index contributed by atoms with van der Waals surface area (Å²) in [5, 5.41) is 0.513. The largest absolute Gasteiger partial charge is 0.497 e. The van der Waals surface area contributed by atoms with Gasteiger partial charge in [0, 0.05) is 18.5 Å². The molecule has 1 atom stereocenters. The number of halogens is 1. The number of carbonyl (C=O) groups excluding carboxylic acids is 3. The predicted octanol–water partition coefficient (Wildman–Crippen LogP) is 3.03. The lowest BCUT2D eigenvalue weighted by atomic mass is 10.1. The molecule has 0 bridgehead atoms. The number of hydrogen-bond acceptors (Lipinski definition) is 4. The minimum absolute atomic E-state index is 0.0444.